The Morgan fingerprint density at radius 3 is 2.67 bits per heavy atom. The average Bonchev–Trinajstić information content (AvgIpc) is 2.79. The fourth-order valence-electron chi connectivity index (χ4n) is 1.92. The molecule has 1 N–H and O–H groups in total. The van der Waals surface area contributed by atoms with Crippen LogP contribution in [-0.2, 0) is 6.42 Å². The van der Waals surface area contributed by atoms with E-state index in [1.54, 1.807) is 6.07 Å². The number of benzene rings is 1. The third-order valence-electron chi connectivity index (χ3n) is 2.75. The van der Waals surface area contributed by atoms with E-state index in [-0.39, 0.29) is 5.56 Å². The predicted octanol–water partition coefficient (Wildman–Crippen LogP) is 2.87. The first-order chi connectivity index (χ1) is 8.74. The molecule has 0 fully saturated rings. The maximum atomic E-state index is 11.6. The number of aromatic amines is 1. The Hall–Kier alpha value is -1.88. The third-order valence-corrected chi connectivity index (χ3v) is 3.17. The van der Waals surface area contributed by atoms with Gasteiger partial charge in [-0.25, -0.2) is 5.10 Å². The third kappa shape index (κ3) is 1.97. The van der Waals surface area contributed by atoms with E-state index in [0.29, 0.717) is 16.5 Å². The van der Waals surface area contributed by atoms with Gasteiger partial charge in [0.15, 0.2) is 4.67 Å². The molecule has 2 aromatic heterocycles. The van der Waals surface area contributed by atoms with Crippen LogP contribution in [0.1, 0.15) is 11.5 Å². The Labute approximate surface area is 111 Å². The summed E-state index contributed by atoms with van der Waals surface area (Å²) in [6, 6.07) is 11.1. The van der Waals surface area contributed by atoms with Gasteiger partial charge in [0.2, 0.25) is 0 Å². The molecule has 0 aliphatic carbocycles. The second kappa shape index (κ2) is 4.42. The summed E-state index contributed by atoms with van der Waals surface area (Å²) in [4.78, 5) is 11.6. The summed E-state index contributed by atoms with van der Waals surface area (Å²) in [5.74, 6) is 0.798. The van der Waals surface area contributed by atoms with Gasteiger partial charge in [0.05, 0.1) is 17.5 Å². The normalized spacial score (nSPS) is 10.9. The summed E-state index contributed by atoms with van der Waals surface area (Å²) in [6.45, 7) is 0. The Bertz CT molecular complexity index is 761. The van der Waals surface area contributed by atoms with Crippen molar-refractivity contribution in [3.63, 3.8) is 0 Å². The molecular weight excluding hydrogens is 296 g/mol. The lowest BCUT2D eigenvalue weighted by atomic mass is 10.1. The van der Waals surface area contributed by atoms with E-state index in [4.69, 9.17) is 4.42 Å². The van der Waals surface area contributed by atoms with Gasteiger partial charge in [0, 0.05) is 5.39 Å². The van der Waals surface area contributed by atoms with Crippen molar-refractivity contribution >= 4 is 26.7 Å². The van der Waals surface area contributed by atoms with Crippen molar-refractivity contribution in [2.75, 3.05) is 0 Å². The van der Waals surface area contributed by atoms with E-state index in [1.807, 2.05) is 30.3 Å². The summed E-state index contributed by atoms with van der Waals surface area (Å²) in [5.41, 5.74) is 0.627. The molecule has 2 heterocycles. The molecule has 5 heteroatoms. The number of nitrogens with one attached hydrogen (secondary N) is 1. The van der Waals surface area contributed by atoms with E-state index < -0.39 is 0 Å². The molecule has 0 saturated carbocycles. The van der Waals surface area contributed by atoms with Crippen LogP contribution in [0.15, 0.2) is 50.3 Å². The molecule has 18 heavy (non-hydrogen) atoms. The molecule has 0 amide bonds. The van der Waals surface area contributed by atoms with E-state index in [0.717, 1.165) is 16.8 Å². The maximum Gasteiger partial charge on any atom is 0.272 e. The largest absolute Gasteiger partial charge is 0.454 e. The number of halogens is 1. The number of hydrogen-bond acceptors (Lipinski definition) is 3. The number of fused-ring (bicyclic) bond motifs is 1. The van der Waals surface area contributed by atoms with Gasteiger partial charge in [0.25, 0.3) is 5.56 Å². The second-order valence-corrected chi connectivity index (χ2v) is 4.71. The highest BCUT2D eigenvalue weighted by atomic mass is 79.9. The Balaban J connectivity index is 2.12. The highest BCUT2D eigenvalue weighted by molar-refractivity contribution is 9.10. The molecule has 0 aliphatic heterocycles. The van der Waals surface area contributed by atoms with Crippen LogP contribution >= 0.6 is 15.9 Å². The Kier molecular flexibility index (Phi) is 2.76. The molecule has 3 rings (SSSR count). The fraction of sp³-hybridized carbons (Fsp3) is 0.0769. The van der Waals surface area contributed by atoms with Crippen LogP contribution in [0.5, 0.6) is 0 Å². The van der Waals surface area contributed by atoms with Crippen molar-refractivity contribution in [3.05, 3.63) is 62.9 Å². The lowest BCUT2D eigenvalue weighted by molar-refractivity contribution is 0.496. The first-order valence-corrected chi connectivity index (χ1v) is 6.24. The first-order valence-electron chi connectivity index (χ1n) is 5.44. The zero-order valence-corrected chi connectivity index (χ0v) is 10.9. The summed E-state index contributed by atoms with van der Waals surface area (Å²) in [5, 5.41) is 8.11. The molecule has 0 spiro atoms. The quantitative estimate of drug-likeness (QED) is 0.792. The summed E-state index contributed by atoms with van der Waals surface area (Å²) < 4.78 is 6.14. The van der Waals surface area contributed by atoms with Gasteiger partial charge in [0.1, 0.15) is 5.76 Å². The molecule has 0 bridgehead atoms. The van der Waals surface area contributed by atoms with Crippen molar-refractivity contribution in [1.82, 2.24) is 10.2 Å². The van der Waals surface area contributed by atoms with E-state index >= 15 is 0 Å². The smallest absolute Gasteiger partial charge is 0.272 e. The van der Waals surface area contributed by atoms with Gasteiger partial charge >= 0.3 is 0 Å². The van der Waals surface area contributed by atoms with Crippen LogP contribution in [0.25, 0.3) is 10.8 Å². The SMILES string of the molecule is O=c1[nH]nc(Cc2ccc(Br)o2)c2ccccc12. The molecule has 4 nitrogen and oxygen atoms in total. The minimum Gasteiger partial charge on any atom is -0.454 e. The number of aromatic nitrogens is 2. The molecule has 0 unspecified atom stereocenters. The van der Waals surface area contributed by atoms with Crippen LogP contribution in [0.2, 0.25) is 0 Å². The zero-order valence-electron chi connectivity index (χ0n) is 9.31. The molecule has 90 valence electrons. The molecule has 0 saturated heterocycles. The standard InChI is InChI=1S/C13H9BrN2O2/c14-12-6-5-8(18-12)7-11-9-3-1-2-4-10(9)13(17)16-15-11/h1-6H,7H2,(H,16,17). The Morgan fingerprint density at radius 2 is 1.94 bits per heavy atom. The zero-order chi connectivity index (χ0) is 12.5. The maximum absolute atomic E-state index is 11.6. The van der Waals surface area contributed by atoms with E-state index in [1.165, 1.54) is 0 Å². The summed E-state index contributed by atoms with van der Waals surface area (Å²) in [6.07, 6.45) is 0.545. The summed E-state index contributed by atoms with van der Waals surface area (Å²) in [7, 11) is 0. The molecule has 0 aliphatic rings. The number of hydrogen-bond donors (Lipinski definition) is 1. The fourth-order valence-corrected chi connectivity index (χ4v) is 2.26. The van der Waals surface area contributed by atoms with Crippen molar-refractivity contribution in [2.45, 2.75) is 6.42 Å². The van der Waals surface area contributed by atoms with Crippen LogP contribution in [0.4, 0.5) is 0 Å². The first kappa shape index (κ1) is 11.2. The van der Waals surface area contributed by atoms with Crippen LogP contribution in [-0.4, -0.2) is 10.2 Å². The van der Waals surface area contributed by atoms with E-state index in [2.05, 4.69) is 26.1 Å². The topological polar surface area (TPSA) is 58.9 Å². The number of H-pyrrole nitrogens is 1. The highest BCUT2D eigenvalue weighted by Crippen LogP contribution is 2.19. The number of furan rings is 1. The number of nitrogens with zero attached hydrogens (tertiary/aromatic N) is 1. The molecule has 0 atom stereocenters. The van der Waals surface area contributed by atoms with Gasteiger partial charge in [-0.1, -0.05) is 18.2 Å². The van der Waals surface area contributed by atoms with Crippen LogP contribution < -0.4 is 5.56 Å². The molecule has 3 aromatic rings. The number of rotatable bonds is 2. The molecule has 1 aromatic carbocycles. The van der Waals surface area contributed by atoms with Gasteiger partial charge in [-0.15, -0.1) is 0 Å². The van der Waals surface area contributed by atoms with Crippen molar-refractivity contribution in [3.8, 4) is 0 Å². The van der Waals surface area contributed by atoms with Crippen molar-refractivity contribution < 1.29 is 4.42 Å². The van der Waals surface area contributed by atoms with Crippen molar-refractivity contribution in [1.29, 1.82) is 0 Å². The minimum absolute atomic E-state index is 0.171. The average molecular weight is 305 g/mol. The van der Waals surface area contributed by atoms with Gasteiger partial charge in [-0.05, 0) is 34.1 Å². The highest BCUT2D eigenvalue weighted by Gasteiger charge is 2.08. The second-order valence-electron chi connectivity index (χ2n) is 3.93. The molecular formula is C13H9BrN2O2. The lowest BCUT2D eigenvalue weighted by Crippen LogP contribution is -2.11. The van der Waals surface area contributed by atoms with Gasteiger partial charge < -0.3 is 4.42 Å². The molecule has 0 radical (unpaired) electrons. The Morgan fingerprint density at radius 1 is 1.17 bits per heavy atom. The van der Waals surface area contributed by atoms with Gasteiger partial charge in [-0.2, -0.15) is 5.10 Å². The van der Waals surface area contributed by atoms with Crippen molar-refractivity contribution in [2.24, 2.45) is 0 Å². The predicted molar refractivity (Wildman–Crippen MR) is 71.6 cm³/mol. The summed E-state index contributed by atoms with van der Waals surface area (Å²) >= 11 is 3.26. The minimum atomic E-state index is -0.171. The van der Waals surface area contributed by atoms with Gasteiger partial charge in [-0.3, -0.25) is 4.79 Å². The van der Waals surface area contributed by atoms with Crippen LogP contribution in [0.3, 0.4) is 0 Å². The van der Waals surface area contributed by atoms with E-state index in [9.17, 15) is 4.79 Å². The monoisotopic (exact) mass is 304 g/mol. The lowest BCUT2D eigenvalue weighted by Gasteiger charge is -2.02. The van der Waals surface area contributed by atoms with Crippen LogP contribution in [0, 0.1) is 0 Å².